The summed E-state index contributed by atoms with van der Waals surface area (Å²) >= 11 is 0. The van der Waals surface area contributed by atoms with Crippen LogP contribution in [0.2, 0.25) is 0 Å². The first kappa shape index (κ1) is 17.5. The quantitative estimate of drug-likeness (QED) is 0.737. The molecule has 1 saturated carbocycles. The van der Waals surface area contributed by atoms with E-state index in [1.54, 1.807) is 4.90 Å². The van der Waals surface area contributed by atoms with Gasteiger partial charge in [-0.3, -0.25) is 14.4 Å². The Labute approximate surface area is 125 Å². The van der Waals surface area contributed by atoms with Gasteiger partial charge in [0.1, 0.15) is 0 Å². The van der Waals surface area contributed by atoms with E-state index in [1.807, 2.05) is 20.8 Å². The zero-order valence-electron chi connectivity index (χ0n) is 13.1. The molecule has 6 heteroatoms. The standard InChI is InChI=1S/C15H26N2O4/c1-4-10-7-11(12(8-10)15(20)21)14(19)16-9-13(18)17(5-2)6-3/h10-12H,4-9H2,1-3H3,(H,16,19)(H,20,21). The zero-order chi connectivity index (χ0) is 16.0. The maximum atomic E-state index is 12.2. The summed E-state index contributed by atoms with van der Waals surface area (Å²) in [5.74, 6) is -2.22. The monoisotopic (exact) mass is 298 g/mol. The van der Waals surface area contributed by atoms with Crippen molar-refractivity contribution in [1.29, 1.82) is 0 Å². The van der Waals surface area contributed by atoms with Crippen LogP contribution >= 0.6 is 0 Å². The van der Waals surface area contributed by atoms with Crippen molar-refractivity contribution < 1.29 is 19.5 Å². The van der Waals surface area contributed by atoms with Crippen molar-refractivity contribution in [3.8, 4) is 0 Å². The lowest BCUT2D eigenvalue weighted by Crippen LogP contribution is -2.43. The van der Waals surface area contributed by atoms with Gasteiger partial charge >= 0.3 is 5.97 Å². The lowest BCUT2D eigenvalue weighted by Gasteiger charge is -2.20. The Morgan fingerprint density at radius 3 is 2.14 bits per heavy atom. The van der Waals surface area contributed by atoms with Gasteiger partial charge in [-0.05, 0) is 32.6 Å². The van der Waals surface area contributed by atoms with Crippen LogP contribution in [0.3, 0.4) is 0 Å². The fraction of sp³-hybridized carbons (Fsp3) is 0.800. The number of likely N-dealkylation sites (N-methyl/N-ethyl adjacent to an activating group) is 1. The average molecular weight is 298 g/mol. The summed E-state index contributed by atoms with van der Waals surface area (Å²) in [6.45, 7) is 6.92. The van der Waals surface area contributed by atoms with Gasteiger partial charge in [0.2, 0.25) is 11.8 Å². The normalized spacial score (nSPS) is 24.6. The maximum absolute atomic E-state index is 12.2. The van der Waals surface area contributed by atoms with Crippen LogP contribution in [-0.4, -0.2) is 47.4 Å². The van der Waals surface area contributed by atoms with Crippen molar-refractivity contribution in [2.75, 3.05) is 19.6 Å². The van der Waals surface area contributed by atoms with Crippen LogP contribution in [0.1, 0.15) is 40.0 Å². The summed E-state index contributed by atoms with van der Waals surface area (Å²) in [5, 5.41) is 11.8. The van der Waals surface area contributed by atoms with Gasteiger partial charge in [0, 0.05) is 13.1 Å². The highest BCUT2D eigenvalue weighted by molar-refractivity contribution is 5.88. The molecular weight excluding hydrogens is 272 g/mol. The van der Waals surface area contributed by atoms with Crippen molar-refractivity contribution in [3.63, 3.8) is 0 Å². The van der Waals surface area contributed by atoms with Crippen LogP contribution in [0.4, 0.5) is 0 Å². The second-order valence-corrected chi connectivity index (χ2v) is 5.58. The highest BCUT2D eigenvalue weighted by Crippen LogP contribution is 2.38. The maximum Gasteiger partial charge on any atom is 0.307 e. The number of hydrogen-bond donors (Lipinski definition) is 2. The Kier molecular flexibility index (Phi) is 6.65. The molecule has 6 nitrogen and oxygen atoms in total. The van der Waals surface area contributed by atoms with E-state index in [4.69, 9.17) is 0 Å². The predicted molar refractivity (Wildman–Crippen MR) is 78.6 cm³/mol. The van der Waals surface area contributed by atoms with E-state index < -0.39 is 17.8 Å². The largest absolute Gasteiger partial charge is 0.481 e. The number of hydrogen-bond acceptors (Lipinski definition) is 3. The van der Waals surface area contributed by atoms with Gasteiger partial charge in [0.25, 0.3) is 0 Å². The fourth-order valence-corrected chi connectivity index (χ4v) is 3.02. The molecule has 1 fully saturated rings. The van der Waals surface area contributed by atoms with E-state index in [9.17, 15) is 19.5 Å². The van der Waals surface area contributed by atoms with E-state index in [0.29, 0.717) is 25.9 Å². The summed E-state index contributed by atoms with van der Waals surface area (Å²) in [4.78, 5) is 36.9. The van der Waals surface area contributed by atoms with Gasteiger partial charge in [-0.25, -0.2) is 0 Å². The molecule has 0 radical (unpaired) electrons. The summed E-state index contributed by atoms with van der Waals surface area (Å²) in [6.07, 6.45) is 2.03. The van der Waals surface area contributed by atoms with Gasteiger partial charge in [0.15, 0.2) is 0 Å². The number of amides is 2. The van der Waals surface area contributed by atoms with Gasteiger partial charge in [0.05, 0.1) is 18.4 Å². The summed E-state index contributed by atoms with van der Waals surface area (Å²) in [6, 6.07) is 0. The molecule has 0 spiro atoms. The van der Waals surface area contributed by atoms with Crippen molar-refractivity contribution in [2.45, 2.75) is 40.0 Å². The van der Waals surface area contributed by atoms with Crippen molar-refractivity contribution >= 4 is 17.8 Å². The number of carbonyl (C=O) groups excluding carboxylic acids is 2. The molecule has 21 heavy (non-hydrogen) atoms. The number of aliphatic carboxylic acids is 1. The first-order valence-electron chi connectivity index (χ1n) is 7.72. The molecule has 0 aromatic rings. The minimum atomic E-state index is -0.916. The molecule has 0 aromatic heterocycles. The number of carboxylic acid groups (broad SMARTS) is 1. The van der Waals surface area contributed by atoms with Crippen molar-refractivity contribution in [2.24, 2.45) is 17.8 Å². The Morgan fingerprint density at radius 2 is 1.67 bits per heavy atom. The van der Waals surface area contributed by atoms with Gasteiger partial charge < -0.3 is 15.3 Å². The van der Waals surface area contributed by atoms with Crippen molar-refractivity contribution in [3.05, 3.63) is 0 Å². The molecule has 3 unspecified atom stereocenters. The Bertz CT molecular complexity index is 393. The van der Waals surface area contributed by atoms with Crippen LogP contribution in [-0.2, 0) is 14.4 Å². The lowest BCUT2D eigenvalue weighted by atomic mass is 9.95. The Hall–Kier alpha value is -1.59. The van der Waals surface area contributed by atoms with Gasteiger partial charge in [-0.2, -0.15) is 0 Å². The van der Waals surface area contributed by atoms with E-state index in [1.165, 1.54) is 0 Å². The number of rotatable bonds is 7. The van der Waals surface area contributed by atoms with Crippen LogP contribution in [0.25, 0.3) is 0 Å². The van der Waals surface area contributed by atoms with Crippen LogP contribution in [0.5, 0.6) is 0 Å². The molecule has 2 amide bonds. The third kappa shape index (κ3) is 4.44. The van der Waals surface area contributed by atoms with E-state index in [-0.39, 0.29) is 24.3 Å². The van der Waals surface area contributed by atoms with E-state index in [0.717, 1.165) is 6.42 Å². The third-order valence-electron chi connectivity index (χ3n) is 4.42. The second kappa shape index (κ2) is 8.00. The Morgan fingerprint density at radius 1 is 1.10 bits per heavy atom. The molecule has 0 aliphatic heterocycles. The molecule has 0 aromatic carbocycles. The van der Waals surface area contributed by atoms with E-state index in [2.05, 4.69) is 5.32 Å². The van der Waals surface area contributed by atoms with Gasteiger partial charge in [-0.15, -0.1) is 0 Å². The number of nitrogens with zero attached hydrogens (tertiary/aromatic N) is 1. The minimum absolute atomic E-state index is 0.0554. The smallest absolute Gasteiger partial charge is 0.307 e. The average Bonchev–Trinajstić information content (AvgIpc) is 2.90. The molecule has 0 bridgehead atoms. The predicted octanol–water partition coefficient (Wildman–Crippen LogP) is 1.11. The number of nitrogens with one attached hydrogen (secondary N) is 1. The molecule has 1 aliphatic carbocycles. The highest BCUT2D eigenvalue weighted by Gasteiger charge is 2.42. The summed E-state index contributed by atoms with van der Waals surface area (Å²) in [7, 11) is 0. The number of carbonyl (C=O) groups is 3. The summed E-state index contributed by atoms with van der Waals surface area (Å²) in [5.41, 5.74) is 0. The highest BCUT2D eigenvalue weighted by atomic mass is 16.4. The van der Waals surface area contributed by atoms with Crippen LogP contribution in [0.15, 0.2) is 0 Å². The lowest BCUT2D eigenvalue weighted by molar-refractivity contribution is -0.146. The molecule has 2 N–H and O–H groups in total. The van der Waals surface area contributed by atoms with Gasteiger partial charge in [-0.1, -0.05) is 13.3 Å². The van der Waals surface area contributed by atoms with E-state index >= 15 is 0 Å². The second-order valence-electron chi connectivity index (χ2n) is 5.58. The summed E-state index contributed by atoms with van der Waals surface area (Å²) < 4.78 is 0. The topological polar surface area (TPSA) is 86.7 Å². The first-order valence-corrected chi connectivity index (χ1v) is 7.72. The minimum Gasteiger partial charge on any atom is -0.481 e. The number of carboxylic acids is 1. The molecule has 1 aliphatic rings. The third-order valence-corrected chi connectivity index (χ3v) is 4.42. The molecule has 1 rings (SSSR count). The zero-order valence-corrected chi connectivity index (χ0v) is 13.1. The molecule has 3 atom stereocenters. The molecule has 0 heterocycles. The fourth-order valence-electron chi connectivity index (χ4n) is 3.02. The molecule has 120 valence electrons. The van der Waals surface area contributed by atoms with Crippen LogP contribution < -0.4 is 5.32 Å². The first-order chi connectivity index (χ1) is 9.94. The molecular formula is C15H26N2O4. The Balaban J connectivity index is 2.58. The van der Waals surface area contributed by atoms with Crippen molar-refractivity contribution in [1.82, 2.24) is 10.2 Å². The SMILES string of the molecule is CCC1CC(C(=O)O)C(C(=O)NCC(=O)N(CC)CC)C1. The van der Waals surface area contributed by atoms with Crippen LogP contribution in [0, 0.1) is 17.8 Å². The molecule has 0 saturated heterocycles.